The zero-order valence-electron chi connectivity index (χ0n) is 19.2. The first-order valence-electron chi connectivity index (χ1n) is 10.5. The highest BCUT2D eigenvalue weighted by Gasteiger charge is 2.24. The molecule has 0 bridgehead atoms. The summed E-state index contributed by atoms with van der Waals surface area (Å²) in [4.78, 5) is 28.1. The van der Waals surface area contributed by atoms with E-state index in [1.807, 2.05) is 6.07 Å². The number of ether oxygens (including phenoxy) is 3. The summed E-state index contributed by atoms with van der Waals surface area (Å²) in [6.07, 6.45) is 1.76. The molecule has 1 heterocycles. The van der Waals surface area contributed by atoms with Crippen LogP contribution in [0.3, 0.4) is 0 Å². The Morgan fingerprint density at radius 2 is 1.89 bits per heavy atom. The minimum Gasteiger partial charge on any atom is -0.497 e. The van der Waals surface area contributed by atoms with Gasteiger partial charge in [0, 0.05) is 12.1 Å². The van der Waals surface area contributed by atoms with Crippen LogP contribution in [0.15, 0.2) is 70.6 Å². The Kier molecular flexibility index (Phi) is 8.10. The number of hydrogen-bond acceptors (Lipinski definition) is 8. The molecule has 1 amide bonds. The van der Waals surface area contributed by atoms with Crippen LogP contribution in [0, 0.1) is 13.7 Å². The molecular formula is C25H20IN3O6S. The normalized spacial score (nSPS) is 15.1. The fourth-order valence-corrected chi connectivity index (χ4v) is 4.91. The van der Waals surface area contributed by atoms with Crippen LogP contribution in [0.2, 0.25) is 0 Å². The van der Waals surface area contributed by atoms with Crippen molar-refractivity contribution in [1.29, 1.82) is 0 Å². The number of nitrogens with zero attached hydrogens (tertiary/aromatic N) is 2. The number of amides is 1. The fourth-order valence-electron chi connectivity index (χ4n) is 3.28. The van der Waals surface area contributed by atoms with Crippen LogP contribution in [0.5, 0.6) is 17.2 Å². The van der Waals surface area contributed by atoms with Crippen LogP contribution in [-0.4, -0.2) is 30.2 Å². The van der Waals surface area contributed by atoms with Crippen molar-refractivity contribution in [3.8, 4) is 17.2 Å². The van der Waals surface area contributed by atoms with Gasteiger partial charge in [-0.3, -0.25) is 14.9 Å². The number of non-ortho nitro benzene ring substituents is 1. The highest BCUT2D eigenvalue weighted by atomic mass is 127. The summed E-state index contributed by atoms with van der Waals surface area (Å²) in [5, 5.41) is 14.3. The van der Waals surface area contributed by atoms with E-state index in [9.17, 15) is 14.9 Å². The molecule has 0 spiro atoms. The number of aliphatic imine (C=N–C) groups is 1. The molecule has 11 heteroatoms. The van der Waals surface area contributed by atoms with Gasteiger partial charge >= 0.3 is 0 Å². The van der Waals surface area contributed by atoms with E-state index in [-0.39, 0.29) is 18.2 Å². The number of amidine groups is 1. The number of halogens is 1. The van der Waals surface area contributed by atoms with Gasteiger partial charge in [-0.25, -0.2) is 4.99 Å². The summed E-state index contributed by atoms with van der Waals surface area (Å²) in [5.74, 6) is 1.47. The van der Waals surface area contributed by atoms with Gasteiger partial charge in [-0.2, -0.15) is 0 Å². The van der Waals surface area contributed by atoms with Gasteiger partial charge in [0.05, 0.1) is 33.3 Å². The van der Waals surface area contributed by atoms with Gasteiger partial charge in [-0.1, -0.05) is 12.1 Å². The maximum atomic E-state index is 12.5. The first kappa shape index (κ1) is 25.5. The number of carbonyl (C=O) groups excluding carboxylic acids is 1. The van der Waals surface area contributed by atoms with Crippen LogP contribution in [0.4, 0.5) is 11.4 Å². The Morgan fingerprint density at radius 3 is 2.58 bits per heavy atom. The van der Waals surface area contributed by atoms with Gasteiger partial charge < -0.3 is 19.5 Å². The Bertz CT molecular complexity index is 1370. The molecule has 0 aliphatic carbocycles. The Balaban J connectivity index is 1.51. The molecule has 1 saturated heterocycles. The van der Waals surface area contributed by atoms with Crippen LogP contribution in [0.1, 0.15) is 11.1 Å². The second kappa shape index (κ2) is 11.4. The average molecular weight is 617 g/mol. The molecule has 1 aliphatic heterocycles. The van der Waals surface area contributed by atoms with Crippen molar-refractivity contribution in [2.45, 2.75) is 6.61 Å². The molecule has 0 aromatic heterocycles. The summed E-state index contributed by atoms with van der Waals surface area (Å²) < 4.78 is 17.4. The molecule has 3 aromatic carbocycles. The standard InChI is InChI=1S/C25H20IN3O6S/c1-33-19-8-6-17(7-9-19)27-25-28-24(30)22(36-25)13-16-11-20(26)23(21(12-16)34-2)35-14-15-4-3-5-18(10-15)29(31)32/h3-13H,14H2,1-2H3,(H,27,28,30)/b22-13+. The molecule has 3 aromatic rings. The second-order valence-corrected chi connectivity index (χ2v) is 9.62. The minimum atomic E-state index is -0.444. The molecule has 4 rings (SSSR count). The predicted molar refractivity (Wildman–Crippen MR) is 147 cm³/mol. The van der Waals surface area contributed by atoms with Gasteiger partial charge in [-0.05, 0) is 88.0 Å². The fraction of sp³-hybridized carbons (Fsp3) is 0.120. The third kappa shape index (κ3) is 6.15. The maximum Gasteiger partial charge on any atom is 0.269 e. The van der Waals surface area contributed by atoms with Gasteiger partial charge in [0.1, 0.15) is 12.4 Å². The molecule has 184 valence electrons. The summed E-state index contributed by atoms with van der Waals surface area (Å²) in [6.45, 7) is 0.137. The number of nitrogens with one attached hydrogen (secondary N) is 1. The maximum absolute atomic E-state index is 12.5. The third-order valence-corrected chi connectivity index (χ3v) is 6.72. The molecule has 0 unspecified atom stereocenters. The van der Waals surface area contributed by atoms with E-state index in [4.69, 9.17) is 14.2 Å². The lowest BCUT2D eigenvalue weighted by Gasteiger charge is -2.14. The summed E-state index contributed by atoms with van der Waals surface area (Å²) in [6, 6.07) is 17.1. The van der Waals surface area contributed by atoms with Crippen molar-refractivity contribution in [2.75, 3.05) is 14.2 Å². The highest BCUT2D eigenvalue weighted by Crippen LogP contribution is 2.37. The smallest absolute Gasteiger partial charge is 0.269 e. The second-order valence-electron chi connectivity index (χ2n) is 7.43. The van der Waals surface area contributed by atoms with E-state index in [2.05, 4.69) is 32.9 Å². The van der Waals surface area contributed by atoms with Crippen molar-refractivity contribution in [1.82, 2.24) is 5.32 Å². The Morgan fingerprint density at radius 1 is 1.11 bits per heavy atom. The lowest BCUT2D eigenvalue weighted by molar-refractivity contribution is -0.384. The molecule has 1 aliphatic rings. The van der Waals surface area contributed by atoms with Crippen molar-refractivity contribution in [3.05, 3.63) is 90.4 Å². The van der Waals surface area contributed by atoms with Gasteiger partial charge in [-0.15, -0.1) is 0 Å². The zero-order chi connectivity index (χ0) is 25.7. The van der Waals surface area contributed by atoms with Crippen molar-refractivity contribution >= 4 is 62.9 Å². The number of thioether (sulfide) groups is 1. The van der Waals surface area contributed by atoms with E-state index in [0.29, 0.717) is 32.8 Å². The monoisotopic (exact) mass is 617 g/mol. The van der Waals surface area contributed by atoms with Crippen LogP contribution >= 0.6 is 34.4 Å². The number of nitro groups is 1. The molecule has 0 atom stereocenters. The molecule has 9 nitrogen and oxygen atoms in total. The lowest BCUT2D eigenvalue weighted by Crippen LogP contribution is -2.19. The molecular weight excluding hydrogens is 597 g/mol. The lowest BCUT2D eigenvalue weighted by atomic mass is 10.1. The highest BCUT2D eigenvalue weighted by molar-refractivity contribution is 14.1. The third-order valence-electron chi connectivity index (χ3n) is 5.01. The Hall–Kier alpha value is -3.58. The summed E-state index contributed by atoms with van der Waals surface area (Å²) >= 11 is 3.37. The quantitative estimate of drug-likeness (QED) is 0.150. The summed E-state index contributed by atoms with van der Waals surface area (Å²) in [7, 11) is 3.12. The molecule has 1 N–H and O–H groups in total. The predicted octanol–water partition coefficient (Wildman–Crippen LogP) is 5.69. The van der Waals surface area contributed by atoms with Crippen LogP contribution < -0.4 is 19.5 Å². The van der Waals surface area contributed by atoms with E-state index < -0.39 is 4.92 Å². The number of carbonyl (C=O) groups is 1. The minimum absolute atomic E-state index is 0.00183. The molecule has 0 saturated carbocycles. The number of methoxy groups -OCH3 is 2. The van der Waals surface area contributed by atoms with E-state index in [0.717, 1.165) is 14.9 Å². The average Bonchev–Trinajstić information content (AvgIpc) is 3.21. The van der Waals surface area contributed by atoms with Gasteiger partial charge in [0.15, 0.2) is 16.7 Å². The van der Waals surface area contributed by atoms with Crippen molar-refractivity contribution in [2.24, 2.45) is 4.99 Å². The SMILES string of the molecule is COc1ccc(N=C2NC(=O)/C(=C\c3cc(I)c(OCc4cccc([N+](=O)[O-])c4)c(OC)c3)S2)cc1. The largest absolute Gasteiger partial charge is 0.497 e. The van der Waals surface area contributed by atoms with Gasteiger partial charge in [0.25, 0.3) is 11.6 Å². The zero-order valence-corrected chi connectivity index (χ0v) is 22.2. The molecule has 36 heavy (non-hydrogen) atoms. The van der Waals surface area contributed by atoms with Crippen molar-refractivity contribution in [3.63, 3.8) is 0 Å². The number of benzene rings is 3. The van der Waals surface area contributed by atoms with Gasteiger partial charge in [0.2, 0.25) is 0 Å². The van der Waals surface area contributed by atoms with Crippen LogP contribution in [0.25, 0.3) is 6.08 Å². The molecule has 1 fully saturated rings. The Labute approximate surface area is 224 Å². The van der Waals surface area contributed by atoms with E-state index in [1.54, 1.807) is 55.7 Å². The van der Waals surface area contributed by atoms with E-state index in [1.165, 1.54) is 31.0 Å². The number of nitro benzene ring substituents is 1. The van der Waals surface area contributed by atoms with E-state index >= 15 is 0 Å². The van der Waals surface area contributed by atoms with Crippen LogP contribution in [-0.2, 0) is 11.4 Å². The number of hydrogen-bond donors (Lipinski definition) is 1. The van der Waals surface area contributed by atoms with Crippen molar-refractivity contribution < 1.29 is 23.9 Å². The number of rotatable bonds is 8. The first-order valence-corrected chi connectivity index (χ1v) is 12.4. The topological polar surface area (TPSA) is 112 Å². The first-order chi connectivity index (χ1) is 17.4. The molecule has 0 radical (unpaired) electrons. The summed E-state index contributed by atoms with van der Waals surface area (Å²) in [5.41, 5.74) is 2.11.